The van der Waals surface area contributed by atoms with E-state index in [1.165, 1.54) is 0 Å². The lowest BCUT2D eigenvalue weighted by molar-refractivity contribution is 0.597. The molecule has 98 valence electrons. The van der Waals surface area contributed by atoms with E-state index in [2.05, 4.69) is 0 Å². The Bertz CT molecular complexity index is 677. The zero-order valence-electron chi connectivity index (χ0n) is 10.1. The topological polar surface area (TPSA) is 65.1 Å². The van der Waals surface area contributed by atoms with Crippen LogP contribution < -0.4 is 5.14 Å². The molecular formula is C12H15ClN2O2S. The molecule has 6 heteroatoms. The number of aryl methyl sites for hydroxylation is 2. The number of alkyl halides is 1. The van der Waals surface area contributed by atoms with Crippen molar-refractivity contribution in [1.82, 2.24) is 4.57 Å². The van der Waals surface area contributed by atoms with Crippen LogP contribution in [0.5, 0.6) is 0 Å². The summed E-state index contributed by atoms with van der Waals surface area (Å²) in [6, 6.07) is 5.58. The molecular weight excluding hydrogens is 272 g/mol. The predicted octanol–water partition coefficient (Wildman–Crippen LogP) is 1.75. The van der Waals surface area contributed by atoms with Crippen LogP contribution in [-0.2, 0) is 29.2 Å². The molecule has 0 radical (unpaired) electrons. The van der Waals surface area contributed by atoms with E-state index in [1.807, 2.05) is 29.9 Å². The number of halogens is 1. The lowest BCUT2D eigenvalue weighted by atomic mass is 10.1. The Kier molecular flexibility index (Phi) is 3.66. The van der Waals surface area contributed by atoms with Crippen molar-refractivity contribution in [1.29, 1.82) is 0 Å². The van der Waals surface area contributed by atoms with Gasteiger partial charge >= 0.3 is 0 Å². The molecule has 18 heavy (non-hydrogen) atoms. The van der Waals surface area contributed by atoms with Crippen molar-refractivity contribution in [2.75, 3.05) is 5.88 Å². The van der Waals surface area contributed by atoms with Gasteiger partial charge in [0, 0.05) is 30.0 Å². The summed E-state index contributed by atoms with van der Waals surface area (Å²) in [6.45, 7) is 0. The Balaban J connectivity index is 2.52. The molecule has 0 aliphatic rings. The van der Waals surface area contributed by atoms with Gasteiger partial charge in [-0.15, -0.1) is 11.6 Å². The maximum atomic E-state index is 11.1. The van der Waals surface area contributed by atoms with Crippen molar-refractivity contribution in [2.24, 2.45) is 12.2 Å². The van der Waals surface area contributed by atoms with E-state index in [0.29, 0.717) is 11.4 Å². The van der Waals surface area contributed by atoms with Crippen LogP contribution in [0.4, 0.5) is 0 Å². The van der Waals surface area contributed by atoms with Gasteiger partial charge in [0.1, 0.15) is 0 Å². The first-order valence-electron chi connectivity index (χ1n) is 5.54. The van der Waals surface area contributed by atoms with Crippen LogP contribution in [-0.4, -0.2) is 18.9 Å². The van der Waals surface area contributed by atoms with E-state index in [0.717, 1.165) is 22.9 Å². The summed E-state index contributed by atoms with van der Waals surface area (Å²) in [6.07, 6.45) is 2.78. The van der Waals surface area contributed by atoms with Gasteiger partial charge in [0.15, 0.2) is 0 Å². The zero-order chi connectivity index (χ0) is 13.3. The second-order valence-corrected chi connectivity index (χ2v) is 6.36. The highest BCUT2D eigenvalue weighted by molar-refractivity contribution is 7.88. The fourth-order valence-corrected chi connectivity index (χ4v) is 2.99. The van der Waals surface area contributed by atoms with Crippen LogP contribution in [0, 0.1) is 0 Å². The molecule has 0 aliphatic heterocycles. The van der Waals surface area contributed by atoms with Gasteiger partial charge in [-0.2, -0.15) is 0 Å². The van der Waals surface area contributed by atoms with Gasteiger partial charge in [0.25, 0.3) is 0 Å². The summed E-state index contributed by atoms with van der Waals surface area (Å²) >= 11 is 5.77. The predicted molar refractivity (Wildman–Crippen MR) is 74.2 cm³/mol. The van der Waals surface area contributed by atoms with E-state index in [-0.39, 0.29) is 5.75 Å². The van der Waals surface area contributed by atoms with Crippen LogP contribution >= 0.6 is 11.6 Å². The zero-order valence-corrected chi connectivity index (χ0v) is 11.6. The highest BCUT2D eigenvalue weighted by Crippen LogP contribution is 2.23. The van der Waals surface area contributed by atoms with Gasteiger partial charge in [0.05, 0.1) is 5.75 Å². The molecule has 1 aromatic heterocycles. The van der Waals surface area contributed by atoms with Gasteiger partial charge in [-0.3, -0.25) is 0 Å². The van der Waals surface area contributed by atoms with Gasteiger partial charge in [-0.05, 0) is 29.7 Å². The van der Waals surface area contributed by atoms with Crippen LogP contribution in [0.1, 0.15) is 11.1 Å². The third-order valence-corrected chi connectivity index (χ3v) is 3.79. The Morgan fingerprint density at radius 3 is 2.72 bits per heavy atom. The SMILES string of the molecule is Cn1cc(CCCl)c2cc(CS(N)(=O)=O)ccc21. The molecule has 0 bridgehead atoms. The van der Waals surface area contributed by atoms with Crippen molar-refractivity contribution < 1.29 is 8.42 Å². The number of hydrogen-bond donors (Lipinski definition) is 1. The molecule has 0 amide bonds. The molecule has 0 saturated carbocycles. The number of primary sulfonamides is 1. The van der Waals surface area contributed by atoms with Gasteiger partial charge < -0.3 is 4.57 Å². The van der Waals surface area contributed by atoms with Crippen LogP contribution in [0.25, 0.3) is 10.9 Å². The molecule has 0 atom stereocenters. The van der Waals surface area contributed by atoms with Crippen molar-refractivity contribution >= 4 is 32.5 Å². The molecule has 1 aromatic carbocycles. The average molecular weight is 287 g/mol. The molecule has 4 nitrogen and oxygen atoms in total. The number of rotatable bonds is 4. The summed E-state index contributed by atoms with van der Waals surface area (Å²) in [5.74, 6) is 0.399. The first-order chi connectivity index (χ1) is 8.40. The van der Waals surface area contributed by atoms with E-state index in [4.69, 9.17) is 16.7 Å². The maximum absolute atomic E-state index is 11.1. The summed E-state index contributed by atoms with van der Waals surface area (Å²) < 4.78 is 24.2. The fourth-order valence-electron chi connectivity index (χ4n) is 2.14. The van der Waals surface area contributed by atoms with Gasteiger partial charge in [-0.25, -0.2) is 13.6 Å². The van der Waals surface area contributed by atoms with Crippen LogP contribution in [0.15, 0.2) is 24.4 Å². The molecule has 0 saturated heterocycles. The van der Waals surface area contributed by atoms with Gasteiger partial charge in [-0.1, -0.05) is 6.07 Å². The molecule has 0 unspecified atom stereocenters. The normalized spacial score (nSPS) is 12.2. The smallest absolute Gasteiger partial charge is 0.213 e. The number of nitrogens with two attached hydrogens (primary N) is 1. The lowest BCUT2D eigenvalue weighted by Crippen LogP contribution is -2.14. The minimum atomic E-state index is -3.50. The largest absolute Gasteiger partial charge is 0.350 e. The molecule has 2 N–H and O–H groups in total. The fraction of sp³-hybridized carbons (Fsp3) is 0.333. The first-order valence-corrected chi connectivity index (χ1v) is 7.79. The number of aromatic nitrogens is 1. The Labute approximate surface area is 111 Å². The van der Waals surface area contributed by atoms with Crippen LogP contribution in [0.3, 0.4) is 0 Å². The minimum absolute atomic E-state index is 0.141. The highest BCUT2D eigenvalue weighted by atomic mass is 35.5. The van der Waals surface area contributed by atoms with Crippen molar-refractivity contribution in [2.45, 2.75) is 12.2 Å². The van der Waals surface area contributed by atoms with Crippen molar-refractivity contribution in [3.05, 3.63) is 35.5 Å². The molecule has 0 spiro atoms. The maximum Gasteiger partial charge on any atom is 0.213 e. The van der Waals surface area contributed by atoms with Gasteiger partial charge in [0.2, 0.25) is 10.0 Å². The standard InChI is InChI=1S/C12H15ClN2O2S/c1-15-7-10(4-5-13)11-6-9(2-3-12(11)15)8-18(14,16)17/h2-3,6-7H,4-5,8H2,1H3,(H2,14,16,17). The minimum Gasteiger partial charge on any atom is -0.350 e. The average Bonchev–Trinajstić information content (AvgIpc) is 2.54. The summed E-state index contributed by atoms with van der Waals surface area (Å²) in [5, 5.41) is 6.10. The van der Waals surface area contributed by atoms with Crippen LogP contribution in [0.2, 0.25) is 0 Å². The monoisotopic (exact) mass is 286 g/mol. The summed E-state index contributed by atoms with van der Waals surface area (Å²) in [5.41, 5.74) is 2.89. The Hall–Kier alpha value is -1.04. The number of hydrogen-bond acceptors (Lipinski definition) is 2. The molecule has 0 aliphatic carbocycles. The molecule has 0 fully saturated rings. The molecule has 2 aromatic rings. The van der Waals surface area contributed by atoms with Crippen molar-refractivity contribution in [3.8, 4) is 0 Å². The number of fused-ring (bicyclic) bond motifs is 1. The highest BCUT2D eigenvalue weighted by Gasteiger charge is 2.10. The number of nitrogens with zero attached hydrogens (tertiary/aromatic N) is 1. The third-order valence-electron chi connectivity index (χ3n) is 2.87. The second kappa shape index (κ2) is 4.91. The Morgan fingerprint density at radius 1 is 1.39 bits per heavy atom. The molecule has 2 rings (SSSR count). The summed E-state index contributed by atoms with van der Waals surface area (Å²) in [7, 11) is -1.54. The number of sulfonamides is 1. The van der Waals surface area contributed by atoms with Crippen molar-refractivity contribution in [3.63, 3.8) is 0 Å². The van der Waals surface area contributed by atoms with E-state index >= 15 is 0 Å². The Morgan fingerprint density at radius 2 is 2.11 bits per heavy atom. The van der Waals surface area contributed by atoms with E-state index in [1.54, 1.807) is 6.07 Å². The second-order valence-electron chi connectivity index (χ2n) is 4.36. The van der Waals surface area contributed by atoms with E-state index in [9.17, 15) is 8.42 Å². The quantitative estimate of drug-likeness (QED) is 0.870. The third kappa shape index (κ3) is 2.85. The summed E-state index contributed by atoms with van der Waals surface area (Å²) in [4.78, 5) is 0. The number of benzene rings is 1. The van der Waals surface area contributed by atoms with E-state index < -0.39 is 10.0 Å². The lowest BCUT2D eigenvalue weighted by Gasteiger charge is -2.02. The molecule has 1 heterocycles. The first kappa shape index (κ1) is 13.4.